The first kappa shape index (κ1) is 12.8. The fourth-order valence-corrected chi connectivity index (χ4v) is 3.19. The summed E-state index contributed by atoms with van der Waals surface area (Å²) in [5, 5.41) is 4.09. The molecule has 1 aromatic heterocycles. The van der Waals surface area contributed by atoms with Gasteiger partial charge in [0.25, 0.3) is 0 Å². The van der Waals surface area contributed by atoms with Crippen molar-refractivity contribution in [1.82, 2.24) is 9.97 Å². The number of anilines is 1. The second-order valence-corrected chi connectivity index (χ2v) is 6.71. The summed E-state index contributed by atoms with van der Waals surface area (Å²) in [6, 6.07) is 2.29. The summed E-state index contributed by atoms with van der Waals surface area (Å²) in [5.74, 6) is 3.12. The third kappa shape index (κ3) is 2.91. The highest BCUT2D eigenvalue weighted by Crippen LogP contribution is 2.40. The molecule has 0 amide bonds. The van der Waals surface area contributed by atoms with Crippen molar-refractivity contribution in [2.24, 2.45) is 5.92 Å². The third-order valence-corrected chi connectivity index (χ3v) is 4.66. The summed E-state index contributed by atoms with van der Waals surface area (Å²) < 4.78 is 5.87. The molecule has 108 valence electrons. The van der Waals surface area contributed by atoms with Gasteiger partial charge in [0, 0.05) is 24.6 Å². The minimum absolute atomic E-state index is 0.446. The molecule has 3 fully saturated rings. The first-order chi connectivity index (χ1) is 9.78. The van der Waals surface area contributed by atoms with Gasteiger partial charge in [-0.3, -0.25) is 0 Å². The fraction of sp³-hybridized carbons (Fsp3) is 0.733. The fourth-order valence-electron chi connectivity index (χ4n) is 3.00. The van der Waals surface area contributed by atoms with E-state index in [0.717, 1.165) is 37.0 Å². The van der Waals surface area contributed by atoms with Crippen LogP contribution in [0.4, 0.5) is 5.82 Å². The minimum atomic E-state index is 0.446. The predicted molar refractivity (Wildman–Crippen MR) is 78.1 cm³/mol. The van der Waals surface area contributed by atoms with Crippen LogP contribution in [0.25, 0.3) is 0 Å². The zero-order chi connectivity index (χ0) is 13.5. The van der Waals surface area contributed by atoms with Gasteiger partial charge >= 0.3 is 0 Å². The van der Waals surface area contributed by atoms with Crippen molar-refractivity contribution in [1.29, 1.82) is 0 Å². The first-order valence-electron chi connectivity index (χ1n) is 7.70. The molecule has 2 heterocycles. The zero-order valence-electron chi connectivity index (χ0n) is 11.5. The van der Waals surface area contributed by atoms with E-state index in [4.69, 9.17) is 16.3 Å². The molecule has 1 aromatic rings. The molecule has 20 heavy (non-hydrogen) atoms. The molecule has 0 radical (unpaired) electrons. The lowest BCUT2D eigenvalue weighted by atomic mass is 10.00. The average molecular weight is 294 g/mol. The van der Waals surface area contributed by atoms with E-state index in [-0.39, 0.29) is 0 Å². The number of nitrogens with one attached hydrogen (secondary N) is 1. The Morgan fingerprint density at radius 2 is 2.00 bits per heavy atom. The highest BCUT2D eigenvalue weighted by atomic mass is 35.5. The van der Waals surface area contributed by atoms with E-state index in [9.17, 15) is 0 Å². The van der Waals surface area contributed by atoms with E-state index in [0.29, 0.717) is 23.2 Å². The molecule has 2 saturated carbocycles. The summed E-state index contributed by atoms with van der Waals surface area (Å²) in [5.41, 5.74) is 0. The van der Waals surface area contributed by atoms with Crippen molar-refractivity contribution < 1.29 is 4.74 Å². The first-order valence-corrected chi connectivity index (χ1v) is 8.08. The zero-order valence-corrected chi connectivity index (χ0v) is 12.3. The highest BCUT2D eigenvalue weighted by Gasteiger charge is 2.36. The van der Waals surface area contributed by atoms with Crippen molar-refractivity contribution in [2.75, 3.05) is 11.9 Å². The Morgan fingerprint density at radius 3 is 2.75 bits per heavy atom. The molecular formula is C15H20ClN3O. The third-order valence-electron chi connectivity index (χ3n) is 4.47. The second kappa shape index (κ2) is 5.15. The monoisotopic (exact) mass is 293 g/mol. The quantitative estimate of drug-likeness (QED) is 0.865. The minimum Gasteiger partial charge on any atom is -0.378 e. The number of halogens is 1. The van der Waals surface area contributed by atoms with Gasteiger partial charge in [-0.1, -0.05) is 11.6 Å². The van der Waals surface area contributed by atoms with E-state index in [2.05, 4.69) is 15.3 Å². The van der Waals surface area contributed by atoms with Crippen LogP contribution in [-0.2, 0) is 4.74 Å². The number of aromatic nitrogens is 2. The molecule has 4 nitrogen and oxygen atoms in total. The predicted octanol–water partition coefficient (Wildman–Crippen LogP) is 3.38. The van der Waals surface area contributed by atoms with Gasteiger partial charge in [-0.2, -0.15) is 0 Å². The smallest absolute Gasteiger partial charge is 0.135 e. The maximum Gasteiger partial charge on any atom is 0.135 e. The van der Waals surface area contributed by atoms with Gasteiger partial charge in [0.05, 0.1) is 6.10 Å². The van der Waals surface area contributed by atoms with Crippen LogP contribution in [0.15, 0.2) is 6.07 Å². The van der Waals surface area contributed by atoms with E-state index in [1.54, 1.807) is 0 Å². The molecular weight excluding hydrogens is 274 g/mol. The standard InChI is InChI=1S/C15H20ClN3O/c16-13-8-14(19-15(18-13)10-3-4-10)17-11-5-6-20-12(7-11)9-1-2-9/h8-12H,1-7H2,(H,17,18,19). The summed E-state index contributed by atoms with van der Waals surface area (Å²) in [6.07, 6.45) is 7.64. The van der Waals surface area contributed by atoms with E-state index in [1.807, 2.05) is 6.07 Å². The summed E-state index contributed by atoms with van der Waals surface area (Å²) in [6.45, 7) is 0.854. The largest absolute Gasteiger partial charge is 0.378 e. The molecule has 4 rings (SSSR count). The van der Waals surface area contributed by atoms with Crippen LogP contribution < -0.4 is 5.32 Å². The van der Waals surface area contributed by atoms with Crippen molar-refractivity contribution in [2.45, 2.75) is 56.6 Å². The van der Waals surface area contributed by atoms with Gasteiger partial charge in [-0.25, -0.2) is 9.97 Å². The Morgan fingerprint density at radius 1 is 1.15 bits per heavy atom. The van der Waals surface area contributed by atoms with E-state index < -0.39 is 0 Å². The number of hydrogen-bond donors (Lipinski definition) is 1. The Balaban J connectivity index is 1.44. The number of hydrogen-bond acceptors (Lipinski definition) is 4. The van der Waals surface area contributed by atoms with Gasteiger partial charge in [0.2, 0.25) is 0 Å². The van der Waals surface area contributed by atoms with Crippen LogP contribution in [0.3, 0.4) is 0 Å². The van der Waals surface area contributed by atoms with Crippen LogP contribution in [0.1, 0.15) is 50.3 Å². The van der Waals surface area contributed by atoms with Gasteiger partial charge in [0.1, 0.15) is 16.8 Å². The van der Waals surface area contributed by atoms with Crippen LogP contribution in [0.2, 0.25) is 5.15 Å². The topological polar surface area (TPSA) is 47.0 Å². The van der Waals surface area contributed by atoms with Crippen LogP contribution in [0, 0.1) is 5.92 Å². The molecule has 2 unspecified atom stereocenters. The maximum absolute atomic E-state index is 6.11. The maximum atomic E-state index is 6.11. The Hall–Kier alpha value is -0.870. The Labute approximate surface area is 124 Å². The molecule has 1 N–H and O–H groups in total. The molecule has 5 heteroatoms. The second-order valence-electron chi connectivity index (χ2n) is 6.32. The van der Waals surface area contributed by atoms with Crippen molar-refractivity contribution in [3.8, 4) is 0 Å². The molecule has 1 saturated heterocycles. The lowest BCUT2D eigenvalue weighted by Crippen LogP contribution is -2.35. The van der Waals surface area contributed by atoms with Crippen LogP contribution >= 0.6 is 11.6 Å². The molecule has 0 aromatic carbocycles. The van der Waals surface area contributed by atoms with Crippen LogP contribution in [0.5, 0.6) is 0 Å². The SMILES string of the molecule is Clc1cc(NC2CCOC(C3CC3)C2)nc(C2CC2)n1. The molecule has 2 atom stereocenters. The Kier molecular flexibility index (Phi) is 3.31. The summed E-state index contributed by atoms with van der Waals surface area (Å²) in [4.78, 5) is 8.96. The van der Waals surface area contributed by atoms with Gasteiger partial charge in [-0.15, -0.1) is 0 Å². The molecule has 0 spiro atoms. The summed E-state index contributed by atoms with van der Waals surface area (Å²) >= 11 is 6.11. The van der Waals surface area contributed by atoms with Gasteiger partial charge < -0.3 is 10.1 Å². The van der Waals surface area contributed by atoms with Crippen molar-refractivity contribution in [3.05, 3.63) is 17.0 Å². The molecule has 0 bridgehead atoms. The lowest BCUT2D eigenvalue weighted by molar-refractivity contribution is -0.00223. The normalized spacial score (nSPS) is 30.2. The number of ether oxygens (including phenoxy) is 1. The average Bonchev–Trinajstić information content (AvgIpc) is 3.29. The number of rotatable bonds is 4. The highest BCUT2D eigenvalue weighted by molar-refractivity contribution is 6.29. The van der Waals surface area contributed by atoms with Gasteiger partial charge in [0.15, 0.2) is 0 Å². The lowest BCUT2D eigenvalue weighted by Gasteiger charge is -2.30. The van der Waals surface area contributed by atoms with Crippen LogP contribution in [-0.4, -0.2) is 28.7 Å². The van der Waals surface area contributed by atoms with Crippen molar-refractivity contribution >= 4 is 17.4 Å². The van der Waals surface area contributed by atoms with Gasteiger partial charge in [-0.05, 0) is 44.4 Å². The molecule has 2 aliphatic carbocycles. The summed E-state index contributed by atoms with van der Waals surface area (Å²) in [7, 11) is 0. The van der Waals surface area contributed by atoms with E-state index >= 15 is 0 Å². The van der Waals surface area contributed by atoms with E-state index in [1.165, 1.54) is 25.7 Å². The molecule has 1 aliphatic heterocycles. The number of nitrogens with zero attached hydrogens (tertiary/aromatic N) is 2. The van der Waals surface area contributed by atoms with Crippen molar-refractivity contribution in [3.63, 3.8) is 0 Å². The Bertz CT molecular complexity index is 502. The molecule has 3 aliphatic rings.